The highest BCUT2D eigenvalue weighted by Crippen LogP contribution is 2.31. The molecule has 0 saturated carbocycles. The van der Waals surface area contributed by atoms with Crippen LogP contribution in [0.5, 0.6) is 5.75 Å². The molecule has 1 amide bonds. The number of nitrogens with zero attached hydrogens (tertiary/aromatic N) is 3. The summed E-state index contributed by atoms with van der Waals surface area (Å²) in [4.78, 5) is 12.8. The fourth-order valence-electron chi connectivity index (χ4n) is 2.71. The summed E-state index contributed by atoms with van der Waals surface area (Å²) < 4.78 is 44.0. The zero-order valence-corrected chi connectivity index (χ0v) is 14.7. The van der Waals surface area contributed by atoms with Crippen LogP contribution in [0.2, 0.25) is 0 Å². The van der Waals surface area contributed by atoms with Crippen molar-refractivity contribution in [1.29, 1.82) is 0 Å². The molecule has 2 N–H and O–H groups in total. The minimum absolute atomic E-state index is 0.0216. The van der Waals surface area contributed by atoms with E-state index in [-0.39, 0.29) is 17.9 Å². The molecule has 0 aliphatic heterocycles. The van der Waals surface area contributed by atoms with Crippen LogP contribution in [-0.2, 0) is 17.4 Å². The standard InChI is InChI=1S/C18H16F3N5O2/c1-28-15-8-3-2-5-11(15)9-14(16-23-25-26-24-16)17(27)22-13-7-4-6-12(10-13)18(19,20)21/h2-8,10,14H,9H2,1H3,(H,22,27)(H,23,24,25,26)/t14-/m0/s1. The lowest BCUT2D eigenvalue weighted by Crippen LogP contribution is -2.24. The Hall–Kier alpha value is -3.43. The number of H-pyrrole nitrogens is 1. The van der Waals surface area contributed by atoms with Crippen molar-refractivity contribution in [2.45, 2.75) is 18.5 Å². The number of para-hydroxylation sites is 1. The van der Waals surface area contributed by atoms with E-state index < -0.39 is 23.6 Å². The lowest BCUT2D eigenvalue weighted by atomic mass is 9.97. The third kappa shape index (κ3) is 4.45. The predicted molar refractivity (Wildman–Crippen MR) is 93.7 cm³/mol. The number of carbonyl (C=O) groups is 1. The number of rotatable bonds is 6. The van der Waals surface area contributed by atoms with Crippen molar-refractivity contribution in [1.82, 2.24) is 20.6 Å². The molecule has 3 aromatic rings. The summed E-state index contributed by atoms with van der Waals surface area (Å²) in [5, 5.41) is 16.0. The zero-order chi connectivity index (χ0) is 20.1. The van der Waals surface area contributed by atoms with Crippen LogP contribution in [0.3, 0.4) is 0 Å². The number of benzene rings is 2. The number of hydrogen-bond acceptors (Lipinski definition) is 5. The Morgan fingerprint density at radius 2 is 2.00 bits per heavy atom. The lowest BCUT2D eigenvalue weighted by molar-refractivity contribution is -0.137. The van der Waals surface area contributed by atoms with Crippen LogP contribution in [0, 0.1) is 0 Å². The normalized spacial score (nSPS) is 12.4. The molecule has 28 heavy (non-hydrogen) atoms. The zero-order valence-electron chi connectivity index (χ0n) is 14.7. The SMILES string of the molecule is COc1ccccc1C[C@H](C(=O)Nc1cccc(C(F)(F)F)c1)c1nn[nH]n1. The molecular weight excluding hydrogens is 375 g/mol. The van der Waals surface area contributed by atoms with Crippen molar-refractivity contribution in [2.24, 2.45) is 0 Å². The molecular formula is C18H16F3N5O2. The maximum Gasteiger partial charge on any atom is 0.416 e. The van der Waals surface area contributed by atoms with Crippen molar-refractivity contribution in [3.63, 3.8) is 0 Å². The van der Waals surface area contributed by atoms with Crippen LogP contribution in [0.4, 0.5) is 18.9 Å². The number of ether oxygens (including phenoxy) is 1. The Morgan fingerprint density at radius 3 is 2.68 bits per heavy atom. The topological polar surface area (TPSA) is 92.8 Å². The molecule has 0 saturated heterocycles. The van der Waals surface area contributed by atoms with Gasteiger partial charge in [-0.3, -0.25) is 4.79 Å². The van der Waals surface area contributed by atoms with E-state index in [0.29, 0.717) is 5.75 Å². The first-order chi connectivity index (χ1) is 13.4. The Labute approximate surface area is 157 Å². The summed E-state index contributed by atoms with van der Waals surface area (Å²) in [6.45, 7) is 0. The number of halogens is 3. The number of anilines is 1. The first kappa shape index (κ1) is 19.3. The molecule has 0 aliphatic rings. The fourth-order valence-corrected chi connectivity index (χ4v) is 2.71. The molecule has 1 heterocycles. The molecule has 7 nitrogen and oxygen atoms in total. The summed E-state index contributed by atoms with van der Waals surface area (Å²) in [6.07, 6.45) is -4.33. The average molecular weight is 391 g/mol. The van der Waals surface area contributed by atoms with Gasteiger partial charge in [0, 0.05) is 5.69 Å². The smallest absolute Gasteiger partial charge is 0.416 e. The molecule has 2 aromatic carbocycles. The molecule has 3 rings (SSSR count). The van der Waals surface area contributed by atoms with Crippen molar-refractivity contribution in [3.8, 4) is 5.75 Å². The van der Waals surface area contributed by atoms with E-state index in [0.717, 1.165) is 17.7 Å². The molecule has 0 aliphatic carbocycles. The van der Waals surface area contributed by atoms with E-state index >= 15 is 0 Å². The van der Waals surface area contributed by atoms with Crippen molar-refractivity contribution >= 4 is 11.6 Å². The number of tetrazole rings is 1. The number of nitrogens with one attached hydrogen (secondary N) is 2. The minimum Gasteiger partial charge on any atom is -0.496 e. The van der Waals surface area contributed by atoms with E-state index in [1.165, 1.54) is 19.2 Å². The van der Waals surface area contributed by atoms with Crippen molar-refractivity contribution in [3.05, 3.63) is 65.5 Å². The summed E-state index contributed by atoms with van der Waals surface area (Å²) in [5.74, 6) is -0.755. The summed E-state index contributed by atoms with van der Waals surface area (Å²) in [7, 11) is 1.50. The number of carbonyl (C=O) groups excluding carboxylic acids is 1. The first-order valence-corrected chi connectivity index (χ1v) is 8.22. The van der Waals surface area contributed by atoms with Crippen LogP contribution in [0.25, 0.3) is 0 Å². The fraction of sp³-hybridized carbons (Fsp3) is 0.222. The molecule has 1 aromatic heterocycles. The monoisotopic (exact) mass is 391 g/mol. The molecule has 0 spiro atoms. The summed E-state index contributed by atoms with van der Waals surface area (Å²) in [5.41, 5.74) is -0.113. The second-order valence-electron chi connectivity index (χ2n) is 5.91. The third-order valence-corrected chi connectivity index (χ3v) is 4.06. The highest BCUT2D eigenvalue weighted by Gasteiger charge is 2.31. The second kappa shape index (κ2) is 8.07. The van der Waals surface area contributed by atoms with Gasteiger partial charge in [-0.2, -0.15) is 18.4 Å². The Bertz CT molecular complexity index is 944. The Kier molecular flexibility index (Phi) is 5.57. The second-order valence-corrected chi connectivity index (χ2v) is 5.91. The summed E-state index contributed by atoms with van der Waals surface area (Å²) in [6, 6.07) is 11.5. The van der Waals surface area contributed by atoms with E-state index in [2.05, 4.69) is 25.9 Å². The maximum atomic E-state index is 12.9. The number of methoxy groups -OCH3 is 1. The van der Waals surface area contributed by atoms with Gasteiger partial charge in [-0.25, -0.2) is 0 Å². The van der Waals surface area contributed by atoms with Gasteiger partial charge in [0.1, 0.15) is 11.7 Å². The molecule has 10 heteroatoms. The highest BCUT2D eigenvalue weighted by atomic mass is 19.4. The van der Waals surface area contributed by atoms with Gasteiger partial charge in [-0.1, -0.05) is 29.5 Å². The van der Waals surface area contributed by atoms with E-state index in [9.17, 15) is 18.0 Å². The molecule has 0 fully saturated rings. The number of aromatic nitrogens is 4. The van der Waals surface area contributed by atoms with Crippen molar-refractivity contribution < 1.29 is 22.7 Å². The Balaban J connectivity index is 1.86. The van der Waals surface area contributed by atoms with Crippen LogP contribution in [0.15, 0.2) is 48.5 Å². The lowest BCUT2D eigenvalue weighted by Gasteiger charge is -2.16. The van der Waals surface area contributed by atoms with Gasteiger partial charge in [-0.15, -0.1) is 10.2 Å². The molecule has 1 atom stereocenters. The largest absolute Gasteiger partial charge is 0.496 e. The average Bonchev–Trinajstić information content (AvgIpc) is 3.20. The van der Waals surface area contributed by atoms with Gasteiger partial charge in [0.15, 0.2) is 5.82 Å². The van der Waals surface area contributed by atoms with Gasteiger partial charge >= 0.3 is 6.18 Å². The molecule has 146 valence electrons. The van der Waals surface area contributed by atoms with Gasteiger partial charge in [-0.05, 0) is 36.2 Å². The number of amides is 1. The highest BCUT2D eigenvalue weighted by molar-refractivity contribution is 5.95. The summed E-state index contributed by atoms with van der Waals surface area (Å²) >= 11 is 0. The number of alkyl halides is 3. The van der Waals surface area contributed by atoms with E-state index in [1.54, 1.807) is 24.3 Å². The van der Waals surface area contributed by atoms with Crippen LogP contribution < -0.4 is 10.1 Å². The van der Waals surface area contributed by atoms with Crippen LogP contribution >= 0.6 is 0 Å². The third-order valence-electron chi connectivity index (χ3n) is 4.06. The van der Waals surface area contributed by atoms with E-state index in [4.69, 9.17) is 4.74 Å². The van der Waals surface area contributed by atoms with Crippen LogP contribution in [0.1, 0.15) is 22.9 Å². The van der Waals surface area contributed by atoms with Gasteiger partial charge in [0.2, 0.25) is 5.91 Å². The van der Waals surface area contributed by atoms with E-state index in [1.807, 2.05) is 0 Å². The quantitative estimate of drug-likeness (QED) is 0.673. The van der Waals surface area contributed by atoms with Gasteiger partial charge in [0.25, 0.3) is 0 Å². The molecule has 0 bridgehead atoms. The number of aromatic amines is 1. The molecule has 0 unspecified atom stereocenters. The minimum atomic E-state index is -4.51. The maximum absolute atomic E-state index is 12.9. The molecule has 0 radical (unpaired) electrons. The Morgan fingerprint density at radius 1 is 1.21 bits per heavy atom. The van der Waals surface area contributed by atoms with Gasteiger partial charge < -0.3 is 10.1 Å². The number of hydrogen-bond donors (Lipinski definition) is 2. The predicted octanol–water partition coefficient (Wildman–Crippen LogP) is 3.19. The van der Waals surface area contributed by atoms with Gasteiger partial charge in [0.05, 0.1) is 12.7 Å². The van der Waals surface area contributed by atoms with Crippen LogP contribution in [-0.4, -0.2) is 33.6 Å². The van der Waals surface area contributed by atoms with Crippen molar-refractivity contribution in [2.75, 3.05) is 12.4 Å². The first-order valence-electron chi connectivity index (χ1n) is 8.22.